The van der Waals surface area contributed by atoms with Crippen LogP contribution in [0.2, 0.25) is 5.02 Å². The van der Waals surface area contributed by atoms with Gasteiger partial charge in [0.25, 0.3) is 0 Å². The highest BCUT2D eigenvalue weighted by Gasteiger charge is 2.19. The van der Waals surface area contributed by atoms with Crippen molar-refractivity contribution >= 4 is 17.6 Å². The zero-order valence-electron chi connectivity index (χ0n) is 10.3. The Morgan fingerprint density at radius 3 is 2.83 bits per heavy atom. The molecule has 1 N–H and O–H groups in total. The number of rotatable bonds is 4. The van der Waals surface area contributed by atoms with Crippen LogP contribution in [0.3, 0.4) is 0 Å². The highest BCUT2D eigenvalue weighted by molar-refractivity contribution is 6.30. The van der Waals surface area contributed by atoms with E-state index in [2.05, 4.69) is 4.90 Å². The fourth-order valence-corrected chi connectivity index (χ4v) is 2.44. The lowest BCUT2D eigenvalue weighted by Crippen LogP contribution is -2.39. The molecule has 100 valence electrons. The number of ether oxygens (including phenoxy) is 1. The minimum atomic E-state index is -0.948. The van der Waals surface area contributed by atoms with E-state index in [1.807, 2.05) is 6.92 Å². The molecule has 0 aliphatic carbocycles. The number of nitrogens with zero attached hydrogens (tertiary/aromatic N) is 2. The lowest BCUT2D eigenvalue weighted by molar-refractivity contribution is 0.0321. The second kappa shape index (κ2) is 5.73. The largest absolute Gasteiger partial charge is 0.477 e. The molecule has 1 aromatic heterocycles. The zero-order chi connectivity index (χ0) is 13.1. The third kappa shape index (κ3) is 3.04. The molecule has 0 spiro atoms. The third-order valence-electron chi connectivity index (χ3n) is 3.14. The van der Waals surface area contributed by atoms with Crippen molar-refractivity contribution in [2.24, 2.45) is 0 Å². The van der Waals surface area contributed by atoms with Crippen molar-refractivity contribution in [3.05, 3.63) is 23.0 Å². The predicted octanol–water partition coefficient (Wildman–Crippen LogP) is 1.73. The van der Waals surface area contributed by atoms with Gasteiger partial charge in [-0.1, -0.05) is 11.6 Å². The predicted molar refractivity (Wildman–Crippen MR) is 68.4 cm³/mol. The van der Waals surface area contributed by atoms with E-state index in [1.165, 1.54) is 6.07 Å². The standard InChI is InChI=1S/C12H17ClN2O3/c1-9(7-14-2-4-18-5-3-14)15-8-10(13)6-11(15)12(16)17/h6,8-9H,2-5,7H2,1H3,(H,16,17). The number of aromatic nitrogens is 1. The third-order valence-corrected chi connectivity index (χ3v) is 3.34. The van der Waals surface area contributed by atoms with Gasteiger partial charge in [0.05, 0.1) is 18.2 Å². The first-order valence-electron chi connectivity index (χ1n) is 5.98. The molecule has 1 saturated heterocycles. The second-order valence-electron chi connectivity index (χ2n) is 4.52. The van der Waals surface area contributed by atoms with Gasteiger partial charge in [0.15, 0.2) is 0 Å². The van der Waals surface area contributed by atoms with Gasteiger partial charge in [0.1, 0.15) is 5.69 Å². The van der Waals surface area contributed by atoms with Crippen molar-refractivity contribution in [3.63, 3.8) is 0 Å². The molecule has 18 heavy (non-hydrogen) atoms. The van der Waals surface area contributed by atoms with Gasteiger partial charge in [-0.3, -0.25) is 4.90 Å². The van der Waals surface area contributed by atoms with Crippen LogP contribution in [0.15, 0.2) is 12.3 Å². The molecule has 1 aromatic rings. The summed E-state index contributed by atoms with van der Waals surface area (Å²) in [7, 11) is 0. The first-order valence-corrected chi connectivity index (χ1v) is 6.36. The molecule has 2 rings (SSSR count). The maximum absolute atomic E-state index is 11.1. The summed E-state index contributed by atoms with van der Waals surface area (Å²) in [6.45, 7) is 6.06. The summed E-state index contributed by atoms with van der Waals surface area (Å²) < 4.78 is 7.01. The SMILES string of the molecule is CC(CN1CCOCC1)n1cc(Cl)cc1C(=O)O. The van der Waals surface area contributed by atoms with E-state index in [0.29, 0.717) is 5.02 Å². The summed E-state index contributed by atoms with van der Waals surface area (Å²) in [6.07, 6.45) is 1.68. The maximum atomic E-state index is 11.1. The van der Waals surface area contributed by atoms with E-state index in [-0.39, 0.29) is 11.7 Å². The van der Waals surface area contributed by atoms with Crippen molar-refractivity contribution in [2.45, 2.75) is 13.0 Å². The summed E-state index contributed by atoms with van der Waals surface area (Å²) >= 11 is 5.88. The molecule has 1 aliphatic rings. The van der Waals surface area contributed by atoms with Gasteiger partial charge in [0.2, 0.25) is 0 Å². The number of hydrogen-bond donors (Lipinski definition) is 1. The zero-order valence-corrected chi connectivity index (χ0v) is 11.1. The van der Waals surface area contributed by atoms with Crippen molar-refractivity contribution in [1.82, 2.24) is 9.47 Å². The highest BCUT2D eigenvalue weighted by atomic mass is 35.5. The van der Waals surface area contributed by atoms with E-state index >= 15 is 0 Å². The van der Waals surface area contributed by atoms with Gasteiger partial charge in [-0.05, 0) is 13.0 Å². The lowest BCUT2D eigenvalue weighted by Gasteiger charge is -2.30. The number of carboxylic acids is 1. The Balaban J connectivity index is 2.07. The monoisotopic (exact) mass is 272 g/mol. The summed E-state index contributed by atoms with van der Waals surface area (Å²) in [5, 5.41) is 9.58. The molecule has 0 amide bonds. The minimum Gasteiger partial charge on any atom is -0.477 e. The van der Waals surface area contributed by atoms with Gasteiger partial charge < -0.3 is 14.4 Å². The average molecular weight is 273 g/mol. The van der Waals surface area contributed by atoms with Crippen LogP contribution in [-0.2, 0) is 4.74 Å². The van der Waals surface area contributed by atoms with Gasteiger partial charge in [-0.2, -0.15) is 0 Å². The van der Waals surface area contributed by atoms with Crippen LogP contribution in [0, 0.1) is 0 Å². The number of halogens is 1. The topological polar surface area (TPSA) is 54.7 Å². The summed E-state index contributed by atoms with van der Waals surface area (Å²) in [5.74, 6) is -0.948. The van der Waals surface area contributed by atoms with Gasteiger partial charge >= 0.3 is 5.97 Å². The smallest absolute Gasteiger partial charge is 0.352 e. The number of hydrogen-bond acceptors (Lipinski definition) is 3. The molecule has 0 aromatic carbocycles. The molecule has 1 aliphatic heterocycles. The molecular weight excluding hydrogens is 256 g/mol. The minimum absolute atomic E-state index is 0.0710. The number of carbonyl (C=O) groups is 1. The van der Waals surface area contributed by atoms with E-state index in [1.54, 1.807) is 10.8 Å². The van der Waals surface area contributed by atoms with Crippen LogP contribution >= 0.6 is 11.6 Å². The Morgan fingerprint density at radius 1 is 1.56 bits per heavy atom. The number of carboxylic acid groups (broad SMARTS) is 1. The Labute approximate surface area is 111 Å². The summed E-state index contributed by atoms with van der Waals surface area (Å²) in [4.78, 5) is 13.4. The maximum Gasteiger partial charge on any atom is 0.352 e. The quantitative estimate of drug-likeness (QED) is 0.907. The Hall–Kier alpha value is -1.04. The second-order valence-corrected chi connectivity index (χ2v) is 4.95. The van der Waals surface area contributed by atoms with E-state index in [9.17, 15) is 4.79 Å². The Morgan fingerprint density at radius 2 is 2.22 bits per heavy atom. The van der Waals surface area contributed by atoms with Crippen LogP contribution in [0.1, 0.15) is 23.5 Å². The van der Waals surface area contributed by atoms with Crippen LogP contribution in [0.4, 0.5) is 0 Å². The van der Waals surface area contributed by atoms with Gasteiger partial charge in [-0.25, -0.2) is 4.79 Å². The average Bonchev–Trinajstić information content (AvgIpc) is 2.73. The molecule has 6 heteroatoms. The van der Waals surface area contributed by atoms with E-state index in [0.717, 1.165) is 32.8 Å². The number of aromatic carboxylic acids is 1. The molecule has 1 atom stereocenters. The molecule has 1 fully saturated rings. The number of morpholine rings is 1. The molecule has 0 radical (unpaired) electrons. The Kier molecular flexibility index (Phi) is 4.27. The molecule has 1 unspecified atom stereocenters. The highest BCUT2D eigenvalue weighted by Crippen LogP contribution is 2.20. The van der Waals surface area contributed by atoms with E-state index < -0.39 is 5.97 Å². The first-order chi connectivity index (χ1) is 8.58. The fraction of sp³-hybridized carbons (Fsp3) is 0.583. The van der Waals surface area contributed by atoms with Gasteiger partial charge in [-0.15, -0.1) is 0 Å². The fourth-order valence-electron chi connectivity index (χ4n) is 2.23. The molecule has 5 nitrogen and oxygen atoms in total. The van der Waals surface area contributed by atoms with Crippen molar-refractivity contribution in [3.8, 4) is 0 Å². The summed E-state index contributed by atoms with van der Waals surface area (Å²) in [5.41, 5.74) is 0.237. The van der Waals surface area contributed by atoms with Crippen molar-refractivity contribution in [2.75, 3.05) is 32.8 Å². The van der Waals surface area contributed by atoms with E-state index in [4.69, 9.17) is 21.4 Å². The van der Waals surface area contributed by atoms with Gasteiger partial charge in [0, 0.05) is 31.9 Å². The lowest BCUT2D eigenvalue weighted by atomic mass is 10.2. The first kappa shape index (κ1) is 13.4. The Bertz CT molecular complexity index is 427. The van der Waals surface area contributed by atoms with Crippen LogP contribution in [0.5, 0.6) is 0 Å². The molecular formula is C12H17ClN2O3. The van der Waals surface area contributed by atoms with Crippen molar-refractivity contribution in [1.29, 1.82) is 0 Å². The molecule has 0 saturated carbocycles. The summed E-state index contributed by atoms with van der Waals surface area (Å²) in [6, 6.07) is 1.56. The van der Waals surface area contributed by atoms with Crippen LogP contribution < -0.4 is 0 Å². The van der Waals surface area contributed by atoms with Crippen LogP contribution in [0.25, 0.3) is 0 Å². The van der Waals surface area contributed by atoms with Crippen molar-refractivity contribution < 1.29 is 14.6 Å². The normalized spacial score (nSPS) is 18.8. The van der Waals surface area contributed by atoms with Crippen LogP contribution in [-0.4, -0.2) is 53.4 Å². The molecule has 0 bridgehead atoms. The molecule has 2 heterocycles.